The Morgan fingerprint density at radius 1 is 1.29 bits per heavy atom. The van der Waals surface area contributed by atoms with Gasteiger partial charge in [-0.1, -0.05) is 5.10 Å². The van der Waals surface area contributed by atoms with Gasteiger partial charge in [0.2, 0.25) is 0 Å². The molecule has 0 unspecified atom stereocenters. The van der Waals surface area contributed by atoms with Crippen LogP contribution in [-0.2, 0) is 0 Å². The molecule has 8 nitrogen and oxygen atoms in total. The van der Waals surface area contributed by atoms with Gasteiger partial charge < -0.3 is 19.4 Å². The number of nitrogens with one attached hydrogen (secondary N) is 1. The second-order valence-corrected chi connectivity index (χ2v) is 5.73. The van der Waals surface area contributed by atoms with Crippen molar-refractivity contribution in [2.24, 2.45) is 0 Å². The van der Waals surface area contributed by atoms with Crippen LogP contribution in [0.15, 0.2) is 27.4 Å². The second-order valence-electron chi connectivity index (χ2n) is 5.73. The van der Waals surface area contributed by atoms with Crippen LogP contribution in [0.25, 0.3) is 5.69 Å². The molecule has 0 atom stereocenters. The molecule has 128 valence electrons. The van der Waals surface area contributed by atoms with Crippen molar-refractivity contribution >= 4 is 11.7 Å². The molecule has 1 N–H and O–H groups in total. The molecule has 1 aliphatic heterocycles. The van der Waals surface area contributed by atoms with E-state index in [1.807, 2.05) is 11.8 Å². The van der Waals surface area contributed by atoms with Gasteiger partial charge in [-0.3, -0.25) is 0 Å². The summed E-state index contributed by atoms with van der Waals surface area (Å²) in [5.41, 5.74) is 2.07. The number of urea groups is 1. The number of likely N-dealkylation sites (tertiary alicyclic amines) is 1. The Balaban J connectivity index is 1.78. The number of hydrogen-bond donors (Lipinski definition) is 1. The summed E-state index contributed by atoms with van der Waals surface area (Å²) in [6.07, 6.45) is 3.16. The fraction of sp³-hybridized carbons (Fsp3) is 0.438. The highest BCUT2D eigenvalue weighted by molar-refractivity contribution is 5.90. The van der Waals surface area contributed by atoms with Gasteiger partial charge in [0.15, 0.2) is 0 Å². The molecule has 1 aromatic carbocycles. The molecule has 0 bridgehead atoms. The molecule has 1 fully saturated rings. The topological polar surface area (TPSA) is 89.6 Å². The average Bonchev–Trinajstić information content (AvgIpc) is 2.98. The third-order valence-corrected chi connectivity index (χ3v) is 4.04. The van der Waals surface area contributed by atoms with E-state index in [1.165, 1.54) is 13.5 Å². The Morgan fingerprint density at radius 2 is 2.04 bits per heavy atom. The van der Waals surface area contributed by atoms with Gasteiger partial charge in [0, 0.05) is 18.8 Å². The van der Waals surface area contributed by atoms with Crippen LogP contribution >= 0.6 is 0 Å². The normalized spacial score (nSPS) is 14.5. The maximum Gasteiger partial charge on any atom is 0.444 e. The molecule has 2 heterocycles. The van der Waals surface area contributed by atoms with Crippen LogP contribution in [0.3, 0.4) is 0 Å². The van der Waals surface area contributed by atoms with Gasteiger partial charge in [-0.25, -0.2) is 9.59 Å². The summed E-state index contributed by atoms with van der Waals surface area (Å²) in [6, 6.07) is 5.11. The molecule has 0 saturated carbocycles. The van der Waals surface area contributed by atoms with E-state index < -0.39 is 5.76 Å². The van der Waals surface area contributed by atoms with Gasteiger partial charge in [0.25, 0.3) is 0 Å². The van der Waals surface area contributed by atoms with Gasteiger partial charge in [-0.05, 0) is 49.9 Å². The molecule has 1 aliphatic rings. The molecular weight excluding hydrogens is 312 g/mol. The van der Waals surface area contributed by atoms with E-state index in [2.05, 4.69) is 10.4 Å². The van der Waals surface area contributed by atoms with Crippen LogP contribution in [0.5, 0.6) is 6.08 Å². The largest absolute Gasteiger partial charge is 0.452 e. The summed E-state index contributed by atoms with van der Waals surface area (Å²) in [4.78, 5) is 25.9. The minimum absolute atomic E-state index is 0.0918. The van der Waals surface area contributed by atoms with E-state index in [9.17, 15) is 9.59 Å². The van der Waals surface area contributed by atoms with Gasteiger partial charge >= 0.3 is 17.9 Å². The SMILES string of the molecule is COc1nn(-c2ccc(NC(=O)N3CCCCC3)c(C)c2)c(=O)o1. The highest BCUT2D eigenvalue weighted by Gasteiger charge is 2.17. The number of hydrogen-bond acceptors (Lipinski definition) is 5. The van der Waals surface area contributed by atoms with Crippen molar-refractivity contribution in [1.82, 2.24) is 14.7 Å². The first kappa shape index (κ1) is 16.1. The molecular formula is C16H20N4O4. The number of anilines is 1. The highest BCUT2D eigenvalue weighted by atomic mass is 16.6. The zero-order chi connectivity index (χ0) is 17.1. The van der Waals surface area contributed by atoms with Gasteiger partial charge in [0.05, 0.1) is 12.8 Å². The maximum atomic E-state index is 12.3. The van der Waals surface area contributed by atoms with Crippen molar-refractivity contribution < 1.29 is 13.9 Å². The van der Waals surface area contributed by atoms with Crippen molar-refractivity contribution in [3.63, 3.8) is 0 Å². The number of aryl methyl sites for hydroxylation is 1. The van der Waals surface area contributed by atoms with Crippen molar-refractivity contribution in [1.29, 1.82) is 0 Å². The van der Waals surface area contributed by atoms with Gasteiger partial charge in [-0.2, -0.15) is 4.68 Å². The first-order valence-electron chi connectivity index (χ1n) is 7.89. The van der Waals surface area contributed by atoms with E-state index in [0.717, 1.165) is 36.2 Å². The van der Waals surface area contributed by atoms with Crippen molar-refractivity contribution in [2.45, 2.75) is 26.2 Å². The summed E-state index contributed by atoms with van der Waals surface area (Å²) < 4.78 is 10.8. The van der Waals surface area contributed by atoms with E-state index in [4.69, 9.17) is 9.15 Å². The zero-order valence-electron chi connectivity index (χ0n) is 13.7. The molecule has 1 saturated heterocycles. The number of carbonyl (C=O) groups is 1. The summed E-state index contributed by atoms with van der Waals surface area (Å²) in [7, 11) is 1.38. The summed E-state index contributed by atoms with van der Waals surface area (Å²) in [6.45, 7) is 3.44. The van der Waals surface area contributed by atoms with Crippen LogP contribution in [-0.4, -0.2) is 40.9 Å². The summed E-state index contributed by atoms with van der Waals surface area (Å²) >= 11 is 0. The van der Waals surface area contributed by atoms with Crippen LogP contribution in [0.4, 0.5) is 10.5 Å². The number of piperidine rings is 1. The second kappa shape index (κ2) is 6.77. The van der Waals surface area contributed by atoms with Gasteiger partial charge in [-0.15, -0.1) is 0 Å². The molecule has 8 heteroatoms. The minimum Gasteiger partial charge on any atom is -0.452 e. The molecule has 24 heavy (non-hydrogen) atoms. The fourth-order valence-corrected chi connectivity index (χ4v) is 2.72. The van der Waals surface area contributed by atoms with Crippen molar-refractivity contribution in [3.05, 3.63) is 34.3 Å². The highest BCUT2D eigenvalue weighted by Crippen LogP contribution is 2.20. The summed E-state index contributed by atoms with van der Waals surface area (Å²) in [5.74, 6) is -0.628. The molecule has 0 aliphatic carbocycles. The monoisotopic (exact) mass is 332 g/mol. The number of aromatic nitrogens is 2. The lowest BCUT2D eigenvalue weighted by Crippen LogP contribution is -2.38. The van der Waals surface area contributed by atoms with Crippen LogP contribution < -0.4 is 15.8 Å². The Kier molecular flexibility index (Phi) is 4.54. The molecule has 1 aromatic heterocycles. The van der Waals surface area contributed by atoms with E-state index in [1.54, 1.807) is 18.2 Å². The number of ether oxygens (including phenoxy) is 1. The Bertz CT molecular complexity index is 790. The fourth-order valence-electron chi connectivity index (χ4n) is 2.72. The summed E-state index contributed by atoms with van der Waals surface area (Å²) in [5, 5.41) is 6.84. The number of carbonyl (C=O) groups excluding carboxylic acids is 1. The zero-order valence-corrected chi connectivity index (χ0v) is 13.7. The third-order valence-electron chi connectivity index (χ3n) is 4.04. The lowest BCUT2D eigenvalue weighted by Gasteiger charge is -2.27. The predicted octanol–water partition coefficient (Wildman–Crippen LogP) is 2.16. The minimum atomic E-state index is -0.628. The van der Waals surface area contributed by atoms with Crippen molar-refractivity contribution in [2.75, 3.05) is 25.5 Å². The lowest BCUT2D eigenvalue weighted by atomic mass is 10.1. The number of amides is 2. The Morgan fingerprint density at radius 3 is 2.67 bits per heavy atom. The molecule has 0 spiro atoms. The van der Waals surface area contributed by atoms with Crippen LogP contribution in [0, 0.1) is 6.92 Å². The average molecular weight is 332 g/mol. The van der Waals surface area contributed by atoms with Crippen LogP contribution in [0.2, 0.25) is 0 Å². The van der Waals surface area contributed by atoms with Crippen LogP contribution in [0.1, 0.15) is 24.8 Å². The first-order valence-corrected chi connectivity index (χ1v) is 7.89. The number of methoxy groups -OCH3 is 1. The third kappa shape index (κ3) is 3.27. The quantitative estimate of drug-likeness (QED) is 0.930. The van der Waals surface area contributed by atoms with E-state index in [-0.39, 0.29) is 12.1 Å². The molecule has 0 radical (unpaired) electrons. The van der Waals surface area contributed by atoms with E-state index in [0.29, 0.717) is 11.4 Å². The Labute approximate surface area is 139 Å². The predicted molar refractivity (Wildman–Crippen MR) is 87.8 cm³/mol. The number of rotatable bonds is 3. The first-order chi connectivity index (χ1) is 11.6. The number of benzene rings is 1. The smallest absolute Gasteiger partial charge is 0.444 e. The standard InChI is InChI=1S/C16H20N4O4/c1-11-10-12(20-16(22)24-15(18-20)23-2)6-7-13(11)17-14(21)19-8-4-3-5-9-19/h6-7,10H,3-5,8-9H2,1-2H3,(H,17,21). The van der Waals surface area contributed by atoms with Gasteiger partial charge in [0.1, 0.15) is 0 Å². The number of nitrogens with zero attached hydrogens (tertiary/aromatic N) is 3. The molecule has 2 aromatic rings. The van der Waals surface area contributed by atoms with Crippen molar-refractivity contribution in [3.8, 4) is 11.8 Å². The maximum absolute atomic E-state index is 12.3. The lowest BCUT2D eigenvalue weighted by molar-refractivity contribution is 0.200. The molecule has 3 rings (SSSR count). The Hall–Kier alpha value is -2.77. The van der Waals surface area contributed by atoms with E-state index >= 15 is 0 Å². The molecule has 2 amide bonds.